The summed E-state index contributed by atoms with van der Waals surface area (Å²) in [5, 5.41) is 21.2. The van der Waals surface area contributed by atoms with Crippen LogP contribution in [-0.4, -0.2) is 29.5 Å². The minimum Gasteiger partial charge on any atom is -0.507 e. The number of hydrogen-bond donors (Lipinski definition) is 2. The van der Waals surface area contributed by atoms with Gasteiger partial charge in [0.2, 0.25) is 0 Å². The van der Waals surface area contributed by atoms with Crippen LogP contribution in [0.5, 0.6) is 11.5 Å². The number of amides is 1. The molecule has 4 rings (SSSR count). The molecule has 3 atom stereocenters. The number of benzene rings is 3. The molecule has 6 nitrogen and oxygen atoms in total. The Balaban J connectivity index is 1.63. The summed E-state index contributed by atoms with van der Waals surface area (Å²) in [6, 6.07) is 19.0. The second-order valence-corrected chi connectivity index (χ2v) is 7.64. The number of carbonyl (C=O) groups excluding carboxylic acids is 1. The predicted molar refractivity (Wildman–Crippen MR) is 117 cm³/mol. The van der Waals surface area contributed by atoms with Crippen molar-refractivity contribution < 1.29 is 28.9 Å². The van der Waals surface area contributed by atoms with Crippen molar-refractivity contribution in [2.45, 2.75) is 31.1 Å². The Kier molecular flexibility index (Phi) is 6.28. The normalized spacial score (nSPS) is 19.0. The SMILES string of the molecule is COc1ccc(C2C(CCC(O)c3ccc(F)cc3)OC(=O)N2c2ccccc2)c(O)c1. The highest BCUT2D eigenvalue weighted by Gasteiger charge is 2.44. The molecule has 0 radical (unpaired) electrons. The number of rotatable bonds is 7. The van der Waals surface area contributed by atoms with Crippen LogP contribution in [0.4, 0.5) is 14.9 Å². The van der Waals surface area contributed by atoms with Gasteiger partial charge in [-0.1, -0.05) is 30.3 Å². The number of halogens is 1. The zero-order valence-corrected chi connectivity index (χ0v) is 17.5. The maximum absolute atomic E-state index is 13.2. The number of nitrogens with zero attached hydrogens (tertiary/aromatic N) is 1. The second-order valence-electron chi connectivity index (χ2n) is 7.64. The highest BCUT2D eigenvalue weighted by molar-refractivity contribution is 5.91. The molecule has 0 aromatic heterocycles. The molecule has 0 bridgehead atoms. The Labute approximate surface area is 185 Å². The standard InChI is InChI=1S/C25H24FNO5/c1-31-19-11-12-20(22(29)15-19)24-23(14-13-21(28)16-7-9-17(26)10-8-16)32-25(30)27(24)18-5-3-2-4-6-18/h2-12,15,21,23-24,28-29H,13-14H2,1H3. The Morgan fingerprint density at radius 2 is 1.81 bits per heavy atom. The number of carbonyl (C=O) groups is 1. The van der Waals surface area contributed by atoms with Crippen LogP contribution in [0.15, 0.2) is 72.8 Å². The molecule has 2 N–H and O–H groups in total. The van der Waals surface area contributed by atoms with E-state index in [1.165, 1.54) is 42.3 Å². The van der Waals surface area contributed by atoms with Crippen LogP contribution in [0.1, 0.15) is 36.1 Å². The molecule has 1 aliphatic heterocycles. The number of methoxy groups -OCH3 is 1. The fourth-order valence-corrected chi connectivity index (χ4v) is 4.02. The van der Waals surface area contributed by atoms with E-state index < -0.39 is 24.3 Å². The third-order valence-corrected chi connectivity index (χ3v) is 5.65. The fraction of sp³-hybridized carbons (Fsp3) is 0.240. The molecule has 0 saturated carbocycles. The minimum absolute atomic E-state index is 0.0161. The molecule has 1 saturated heterocycles. The lowest BCUT2D eigenvalue weighted by Gasteiger charge is -2.26. The van der Waals surface area contributed by atoms with E-state index in [-0.39, 0.29) is 11.6 Å². The van der Waals surface area contributed by atoms with Crippen LogP contribution < -0.4 is 9.64 Å². The van der Waals surface area contributed by atoms with Crippen molar-refractivity contribution >= 4 is 11.8 Å². The van der Waals surface area contributed by atoms with Gasteiger partial charge in [-0.3, -0.25) is 4.90 Å². The molecule has 3 aromatic rings. The van der Waals surface area contributed by atoms with Crippen molar-refractivity contribution in [3.05, 3.63) is 89.7 Å². The van der Waals surface area contributed by atoms with Crippen molar-refractivity contribution in [2.75, 3.05) is 12.0 Å². The van der Waals surface area contributed by atoms with E-state index in [0.29, 0.717) is 35.4 Å². The van der Waals surface area contributed by atoms with E-state index in [1.807, 2.05) is 18.2 Å². The molecule has 1 fully saturated rings. The lowest BCUT2D eigenvalue weighted by Crippen LogP contribution is -2.29. The molecule has 166 valence electrons. The number of ether oxygens (including phenoxy) is 2. The summed E-state index contributed by atoms with van der Waals surface area (Å²) in [7, 11) is 1.51. The molecule has 1 heterocycles. The lowest BCUT2D eigenvalue weighted by molar-refractivity contribution is 0.100. The van der Waals surface area contributed by atoms with Gasteiger partial charge in [0.15, 0.2) is 0 Å². The maximum Gasteiger partial charge on any atom is 0.415 e. The lowest BCUT2D eigenvalue weighted by atomic mass is 9.94. The van der Waals surface area contributed by atoms with Crippen LogP contribution in [0.3, 0.4) is 0 Å². The molecular formula is C25H24FNO5. The van der Waals surface area contributed by atoms with E-state index in [2.05, 4.69) is 0 Å². The molecule has 7 heteroatoms. The number of hydrogen-bond acceptors (Lipinski definition) is 5. The van der Waals surface area contributed by atoms with Gasteiger partial charge in [-0.2, -0.15) is 0 Å². The fourth-order valence-electron chi connectivity index (χ4n) is 4.02. The summed E-state index contributed by atoms with van der Waals surface area (Å²) in [4.78, 5) is 14.4. The second kappa shape index (κ2) is 9.28. The smallest absolute Gasteiger partial charge is 0.415 e. The number of cyclic esters (lactones) is 1. The van der Waals surface area contributed by atoms with Gasteiger partial charge >= 0.3 is 6.09 Å². The van der Waals surface area contributed by atoms with Gasteiger partial charge in [0.25, 0.3) is 0 Å². The monoisotopic (exact) mass is 437 g/mol. The molecule has 1 aliphatic rings. The largest absolute Gasteiger partial charge is 0.507 e. The van der Waals surface area contributed by atoms with Gasteiger partial charge in [0.05, 0.1) is 13.2 Å². The van der Waals surface area contributed by atoms with Gasteiger partial charge in [0, 0.05) is 17.3 Å². The Morgan fingerprint density at radius 3 is 2.47 bits per heavy atom. The number of phenols is 1. The van der Waals surface area contributed by atoms with Gasteiger partial charge < -0.3 is 19.7 Å². The minimum atomic E-state index is -0.842. The molecule has 0 spiro atoms. The summed E-state index contributed by atoms with van der Waals surface area (Å²) in [6.45, 7) is 0. The molecule has 3 unspecified atom stereocenters. The molecule has 1 amide bonds. The van der Waals surface area contributed by atoms with E-state index in [1.54, 1.807) is 24.3 Å². The number of phenolic OH excluding ortho intramolecular Hbond substituents is 1. The van der Waals surface area contributed by atoms with E-state index in [4.69, 9.17) is 9.47 Å². The van der Waals surface area contributed by atoms with E-state index in [9.17, 15) is 19.4 Å². The molecule has 32 heavy (non-hydrogen) atoms. The van der Waals surface area contributed by atoms with Gasteiger partial charge in [-0.15, -0.1) is 0 Å². The quantitative estimate of drug-likeness (QED) is 0.536. The predicted octanol–water partition coefficient (Wildman–Crippen LogP) is 5.12. The molecule has 3 aromatic carbocycles. The van der Waals surface area contributed by atoms with Crippen molar-refractivity contribution in [2.24, 2.45) is 0 Å². The first-order valence-electron chi connectivity index (χ1n) is 10.3. The van der Waals surface area contributed by atoms with Gasteiger partial charge in [-0.05, 0) is 54.8 Å². The summed E-state index contributed by atoms with van der Waals surface area (Å²) in [5.74, 6) is 0.0999. The summed E-state index contributed by atoms with van der Waals surface area (Å²) in [5.41, 5.74) is 1.74. The van der Waals surface area contributed by atoms with Crippen LogP contribution >= 0.6 is 0 Å². The van der Waals surface area contributed by atoms with E-state index in [0.717, 1.165) is 0 Å². The van der Waals surface area contributed by atoms with Crippen LogP contribution in [0.2, 0.25) is 0 Å². The number of aliphatic hydroxyl groups is 1. The first-order valence-corrected chi connectivity index (χ1v) is 10.3. The Morgan fingerprint density at radius 1 is 1.09 bits per heavy atom. The maximum atomic E-state index is 13.2. The highest BCUT2D eigenvalue weighted by atomic mass is 19.1. The summed E-state index contributed by atoms with van der Waals surface area (Å²) < 4.78 is 24.0. The zero-order valence-electron chi connectivity index (χ0n) is 17.5. The average Bonchev–Trinajstić information content (AvgIpc) is 3.14. The van der Waals surface area contributed by atoms with E-state index >= 15 is 0 Å². The topological polar surface area (TPSA) is 79.2 Å². The average molecular weight is 437 g/mol. The summed E-state index contributed by atoms with van der Waals surface area (Å²) in [6.07, 6.45) is -1.36. The number of para-hydroxylation sites is 1. The van der Waals surface area contributed by atoms with Crippen molar-refractivity contribution in [3.8, 4) is 11.5 Å². The third-order valence-electron chi connectivity index (χ3n) is 5.65. The number of aliphatic hydroxyl groups excluding tert-OH is 1. The zero-order chi connectivity index (χ0) is 22.7. The van der Waals surface area contributed by atoms with Crippen LogP contribution in [0.25, 0.3) is 0 Å². The van der Waals surface area contributed by atoms with Crippen molar-refractivity contribution in [3.63, 3.8) is 0 Å². The van der Waals surface area contributed by atoms with Crippen molar-refractivity contribution in [1.29, 1.82) is 0 Å². The first-order chi connectivity index (χ1) is 15.5. The highest BCUT2D eigenvalue weighted by Crippen LogP contribution is 2.43. The van der Waals surface area contributed by atoms with Gasteiger partial charge in [-0.25, -0.2) is 9.18 Å². The van der Waals surface area contributed by atoms with Crippen molar-refractivity contribution in [1.82, 2.24) is 0 Å². The Hall–Kier alpha value is -3.58. The summed E-state index contributed by atoms with van der Waals surface area (Å²) >= 11 is 0. The number of aromatic hydroxyl groups is 1. The number of anilines is 1. The third kappa shape index (κ3) is 4.38. The van der Waals surface area contributed by atoms with Crippen LogP contribution in [-0.2, 0) is 4.74 Å². The molecular weight excluding hydrogens is 413 g/mol. The van der Waals surface area contributed by atoms with Crippen LogP contribution in [0, 0.1) is 5.82 Å². The van der Waals surface area contributed by atoms with Gasteiger partial charge in [0.1, 0.15) is 29.5 Å². The first kappa shape index (κ1) is 21.6. The molecule has 0 aliphatic carbocycles. The Bertz CT molecular complexity index is 1070.